The molecule has 0 spiro atoms. The van der Waals surface area contributed by atoms with Crippen molar-refractivity contribution in [1.82, 2.24) is 19.8 Å². The Morgan fingerprint density at radius 2 is 1.86 bits per heavy atom. The number of anilines is 2. The van der Waals surface area contributed by atoms with E-state index in [2.05, 4.69) is 27.1 Å². The zero-order valence-electron chi connectivity index (χ0n) is 20.3. The number of halogens is 3. The highest BCUT2D eigenvalue weighted by Crippen LogP contribution is 2.42. The Kier molecular flexibility index (Phi) is 6.28. The quantitative estimate of drug-likeness (QED) is 0.511. The molecular formula is C24H24F3N5O3S2. The van der Waals surface area contributed by atoms with E-state index >= 15 is 0 Å². The average Bonchev–Trinajstić information content (AvgIpc) is 3.44. The minimum atomic E-state index is -4.79. The van der Waals surface area contributed by atoms with Gasteiger partial charge in [0.15, 0.2) is 9.84 Å². The molecule has 8 nitrogen and oxygen atoms in total. The molecule has 4 heterocycles. The van der Waals surface area contributed by atoms with Crippen molar-refractivity contribution < 1.29 is 26.4 Å². The highest BCUT2D eigenvalue weighted by atomic mass is 32.2. The number of nitrogens with one attached hydrogen (secondary N) is 1. The third kappa shape index (κ3) is 4.71. The molecule has 0 atom stereocenters. The number of carbonyl (C=O) groups excluding carboxylic acids is 1. The Labute approximate surface area is 216 Å². The summed E-state index contributed by atoms with van der Waals surface area (Å²) in [6.45, 7) is 6.50. The van der Waals surface area contributed by atoms with Crippen LogP contribution in [0.15, 0.2) is 29.3 Å². The number of rotatable bonds is 4. The van der Waals surface area contributed by atoms with Gasteiger partial charge in [-0.05, 0) is 42.3 Å². The largest absolute Gasteiger partial charge is 0.420 e. The van der Waals surface area contributed by atoms with Crippen LogP contribution in [0, 0.1) is 6.92 Å². The van der Waals surface area contributed by atoms with Gasteiger partial charge < -0.3 is 10.2 Å². The van der Waals surface area contributed by atoms with Crippen LogP contribution < -0.4 is 5.32 Å². The van der Waals surface area contributed by atoms with Gasteiger partial charge in [0.05, 0.1) is 21.2 Å². The van der Waals surface area contributed by atoms with Crippen molar-refractivity contribution in [3.05, 3.63) is 51.5 Å². The molecule has 0 fully saturated rings. The number of alkyl halides is 3. The van der Waals surface area contributed by atoms with Crippen LogP contribution in [0.2, 0.25) is 0 Å². The van der Waals surface area contributed by atoms with Crippen molar-refractivity contribution in [2.24, 2.45) is 0 Å². The van der Waals surface area contributed by atoms with Crippen LogP contribution in [-0.2, 0) is 29.1 Å². The molecule has 0 unspecified atom stereocenters. The SMILES string of the molecule is CCN1Cc2cc(C)c(Nc3ncc(C(F)(F)F)c(-c4cc5c(s4)C(=O)N(C)CCS5(=O)=O)n3)cc2C1. The number of fused-ring (bicyclic) bond motifs is 2. The van der Waals surface area contributed by atoms with Crippen molar-refractivity contribution in [1.29, 1.82) is 0 Å². The first-order valence-electron chi connectivity index (χ1n) is 11.6. The molecule has 0 bridgehead atoms. The minimum Gasteiger partial charge on any atom is -0.340 e. The fourth-order valence-corrected chi connectivity index (χ4v) is 7.51. The van der Waals surface area contributed by atoms with E-state index in [1.54, 1.807) is 0 Å². The van der Waals surface area contributed by atoms with Gasteiger partial charge in [-0.1, -0.05) is 13.0 Å². The maximum atomic E-state index is 13.9. The summed E-state index contributed by atoms with van der Waals surface area (Å²) in [4.78, 5) is 23.9. The van der Waals surface area contributed by atoms with Gasteiger partial charge >= 0.3 is 6.18 Å². The summed E-state index contributed by atoms with van der Waals surface area (Å²) in [6.07, 6.45) is -4.11. The number of amides is 1. The number of aryl methyl sites for hydroxylation is 1. The Morgan fingerprint density at radius 1 is 1.16 bits per heavy atom. The van der Waals surface area contributed by atoms with E-state index in [9.17, 15) is 26.4 Å². The molecule has 5 rings (SSSR count). The third-order valence-electron chi connectivity index (χ3n) is 6.63. The Hall–Kier alpha value is -3.03. The van der Waals surface area contributed by atoms with Crippen LogP contribution in [0.25, 0.3) is 10.6 Å². The number of aromatic nitrogens is 2. The van der Waals surface area contributed by atoms with Crippen LogP contribution in [0.5, 0.6) is 0 Å². The van der Waals surface area contributed by atoms with Crippen molar-refractivity contribution in [3.63, 3.8) is 0 Å². The second-order valence-electron chi connectivity index (χ2n) is 9.17. The second-order valence-corrected chi connectivity index (χ2v) is 12.3. The maximum absolute atomic E-state index is 13.9. The van der Waals surface area contributed by atoms with Crippen LogP contribution >= 0.6 is 11.3 Å². The average molecular weight is 552 g/mol. The van der Waals surface area contributed by atoms with E-state index in [1.165, 1.54) is 17.5 Å². The number of benzene rings is 1. The van der Waals surface area contributed by atoms with Gasteiger partial charge in [-0.2, -0.15) is 13.2 Å². The lowest BCUT2D eigenvalue weighted by Gasteiger charge is -2.15. The molecule has 0 saturated heterocycles. The summed E-state index contributed by atoms with van der Waals surface area (Å²) in [5.41, 5.74) is 2.29. The Balaban J connectivity index is 1.58. The lowest BCUT2D eigenvalue weighted by molar-refractivity contribution is -0.137. The predicted octanol–water partition coefficient (Wildman–Crippen LogP) is 4.47. The van der Waals surface area contributed by atoms with Crippen LogP contribution in [0.1, 0.15) is 38.8 Å². The highest BCUT2D eigenvalue weighted by Gasteiger charge is 2.38. The maximum Gasteiger partial charge on any atom is 0.420 e. The first kappa shape index (κ1) is 25.6. The van der Waals surface area contributed by atoms with E-state index in [1.807, 2.05) is 19.1 Å². The molecule has 0 radical (unpaired) electrons. The lowest BCUT2D eigenvalue weighted by atomic mass is 10.1. The molecule has 1 N–H and O–H groups in total. The highest BCUT2D eigenvalue weighted by molar-refractivity contribution is 7.91. The summed E-state index contributed by atoms with van der Waals surface area (Å²) >= 11 is 0.689. The van der Waals surface area contributed by atoms with E-state index in [4.69, 9.17) is 0 Å². The first-order chi connectivity index (χ1) is 17.4. The second kappa shape index (κ2) is 9.07. The molecule has 2 aliphatic rings. The van der Waals surface area contributed by atoms with E-state index in [-0.39, 0.29) is 32.9 Å². The molecule has 2 aliphatic heterocycles. The summed E-state index contributed by atoms with van der Waals surface area (Å²) in [7, 11) is -2.40. The monoisotopic (exact) mass is 551 g/mol. The molecule has 37 heavy (non-hydrogen) atoms. The van der Waals surface area contributed by atoms with Crippen molar-refractivity contribution in [2.75, 3.05) is 31.2 Å². The van der Waals surface area contributed by atoms with Crippen LogP contribution in [0.3, 0.4) is 0 Å². The standard InChI is InChI=1S/C24H24F3N5O3S2/c1-4-32-11-14-7-13(2)17(8-15(14)12-32)29-23-28-10-16(24(25,26)27)20(30-23)18-9-19-21(36-18)22(33)31(3)5-6-37(19,34)35/h7-10H,4-6,11-12H2,1-3H3,(H,28,29,30). The van der Waals surface area contributed by atoms with Gasteiger partial charge in [0.2, 0.25) is 5.95 Å². The fourth-order valence-electron chi connectivity index (χ4n) is 4.47. The Bertz CT molecular complexity index is 1520. The molecule has 3 aromatic rings. The molecule has 0 aliphatic carbocycles. The first-order valence-corrected chi connectivity index (χ1v) is 14.0. The van der Waals surface area contributed by atoms with Gasteiger partial charge in [-0.15, -0.1) is 11.3 Å². The molecule has 0 saturated carbocycles. The molecule has 13 heteroatoms. The third-order valence-corrected chi connectivity index (χ3v) is 9.60. The topological polar surface area (TPSA) is 95.5 Å². The number of nitrogens with zero attached hydrogens (tertiary/aromatic N) is 4. The summed E-state index contributed by atoms with van der Waals surface area (Å²) in [5, 5.41) is 3.03. The zero-order chi connectivity index (χ0) is 26.7. The number of hydrogen-bond acceptors (Lipinski definition) is 8. The van der Waals surface area contributed by atoms with Gasteiger partial charge in [0, 0.05) is 38.6 Å². The number of hydrogen-bond donors (Lipinski definition) is 1. The molecule has 1 amide bonds. The van der Waals surface area contributed by atoms with E-state index < -0.39 is 33.2 Å². The minimum absolute atomic E-state index is 0.00339. The summed E-state index contributed by atoms with van der Waals surface area (Å²) < 4.78 is 67.3. The summed E-state index contributed by atoms with van der Waals surface area (Å²) in [6, 6.07) is 5.12. The summed E-state index contributed by atoms with van der Waals surface area (Å²) in [5.74, 6) is -0.928. The van der Waals surface area contributed by atoms with Crippen molar-refractivity contribution >= 4 is 38.7 Å². The van der Waals surface area contributed by atoms with Gasteiger partial charge in [-0.3, -0.25) is 9.69 Å². The van der Waals surface area contributed by atoms with Crippen LogP contribution in [0.4, 0.5) is 24.8 Å². The molecule has 1 aromatic carbocycles. The van der Waals surface area contributed by atoms with Gasteiger partial charge in [-0.25, -0.2) is 18.4 Å². The van der Waals surface area contributed by atoms with Gasteiger partial charge in [0.25, 0.3) is 5.91 Å². The fraction of sp³-hybridized carbons (Fsp3) is 0.375. The van der Waals surface area contributed by atoms with Crippen LogP contribution in [-0.4, -0.2) is 60.0 Å². The normalized spacial score (nSPS) is 17.5. The lowest BCUT2D eigenvalue weighted by Crippen LogP contribution is -2.27. The van der Waals surface area contributed by atoms with Crippen molar-refractivity contribution in [3.8, 4) is 10.6 Å². The zero-order valence-corrected chi connectivity index (χ0v) is 21.9. The smallest absolute Gasteiger partial charge is 0.340 e. The number of sulfone groups is 1. The molecular weight excluding hydrogens is 527 g/mol. The molecule has 2 aromatic heterocycles. The van der Waals surface area contributed by atoms with E-state index in [0.717, 1.165) is 36.8 Å². The number of carbonyl (C=O) groups is 1. The van der Waals surface area contributed by atoms with Gasteiger partial charge in [0.1, 0.15) is 10.4 Å². The van der Waals surface area contributed by atoms with Crippen molar-refractivity contribution in [2.45, 2.75) is 38.0 Å². The number of thiophene rings is 1. The molecule has 196 valence electrons. The van der Waals surface area contributed by atoms with E-state index in [0.29, 0.717) is 23.2 Å². The predicted molar refractivity (Wildman–Crippen MR) is 134 cm³/mol. The Morgan fingerprint density at radius 3 is 2.54 bits per heavy atom.